The largest absolute Gasteiger partial charge is 0.324 e. The topological polar surface area (TPSA) is 33.5 Å². The van der Waals surface area contributed by atoms with Crippen LogP contribution < -0.4 is 10.2 Å². The third-order valence-electron chi connectivity index (χ3n) is 4.09. The third kappa shape index (κ3) is 5.12. The molecule has 0 spiro atoms. The molecule has 0 aliphatic heterocycles. The highest BCUT2D eigenvalue weighted by atomic mass is 32.2. The van der Waals surface area contributed by atoms with E-state index in [1.54, 1.807) is 11.8 Å². The molecule has 0 saturated carbocycles. The Bertz CT molecular complexity index is 637. The molecule has 0 radical (unpaired) electrons. The van der Waals surface area contributed by atoms with Gasteiger partial charge in [-0.25, -0.2) is 0 Å². The second-order valence-electron chi connectivity index (χ2n) is 5.95. The summed E-state index contributed by atoms with van der Waals surface area (Å²) in [6.45, 7) is 4.83. The maximum atomic E-state index is 12.4. The van der Waals surface area contributed by atoms with E-state index in [1.165, 1.54) is 20.9 Å². The van der Waals surface area contributed by atoms with E-state index < -0.39 is 0 Å². The van der Waals surface area contributed by atoms with Crippen LogP contribution in [0.1, 0.15) is 18.1 Å². The molecule has 0 fully saturated rings. The minimum Gasteiger partial charge on any atom is -0.324 e. The van der Waals surface area contributed by atoms with Gasteiger partial charge in [0.1, 0.15) is 6.54 Å². The first-order valence-corrected chi connectivity index (χ1v) is 9.05. The summed E-state index contributed by atoms with van der Waals surface area (Å²) in [7, 11) is 2.06. The summed E-state index contributed by atoms with van der Waals surface area (Å²) in [4.78, 5) is 14.8. The van der Waals surface area contributed by atoms with E-state index in [0.29, 0.717) is 0 Å². The molecule has 0 aliphatic rings. The summed E-state index contributed by atoms with van der Waals surface area (Å²) in [5.74, 6) is 0.0482. The molecular weight excluding hydrogens is 304 g/mol. The van der Waals surface area contributed by atoms with Crippen LogP contribution in [0.15, 0.2) is 53.4 Å². The summed E-state index contributed by atoms with van der Waals surface area (Å²) in [5.41, 5.74) is 3.28. The molecule has 4 heteroatoms. The molecule has 0 saturated heterocycles. The van der Waals surface area contributed by atoms with Crippen molar-refractivity contribution in [3.05, 3.63) is 59.7 Å². The lowest BCUT2D eigenvalue weighted by Gasteiger charge is -2.21. The van der Waals surface area contributed by atoms with Gasteiger partial charge in [0.2, 0.25) is 0 Å². The molecule has 2 N–H and O–H groups in total. The average Bonchev–Trinajstić information content (AvgIpc) is 2.56. The molecule has 2 aromatic carbocycles. The van der Waals surface area contributed by atoms with Gasteiger partial charge in [0.15, 0.2) is 6.04 Å². The first-order chi connectivity index (χ1) is 11.0. The van der Waals surface area contributed by atoms with E-state index in [4.69, 9.17) is 0 Å². The minimum absolute atomic E-state index is 0.0482. The van der Waals surface area contributed by atoms with Crippen molar-refractivity contribution >= 4 is 23.4 Å². The molecule has 0 aliphatic carbocycles. The molecule has 1 amide bonds. The lowest BCUT2D eigenvalue weighted by molar-refractivity contribution is -0.907. The summed E-state index contributed by atoms with van der Waals surface area (Å²) < 4.78 is 0. The molecule has 122 valence electrons. The fourth-order valence-electron chi connectivity index (χ4n) is 2.33. The number of amides is 1. The highest BCUT2D eigenvalue weighted by Crippen LogP contribution is 2.14. The number of carbonyl (C=O) groups is 1. The highest BCUT2D eigenvalue weighted by Gasteiger charge is 2.22. The SMILES string of the molecule is CSc1ccc(C[NH+](C)[C@@H](C)C(=O)Nc2ccc(C)cc2)cc1. The van der Waals surface area contributed by atoms with Crippen LogP contribution >= 0.6 is 11.8 Å². The predicted molar refractivity (Wildman–Crippen MR) is 98.1 cm³/mol. The van der Waals surface area contributed by atoms with Crippen molar-refractivity contribution in [2.45, 2.75) is 31.3 Å². The third-order valence-corrected chi connectivity index (χ3v) is 4.84. The van der Waals surface area contributed by atoms with Crippen LogP contribution in [0, 0.1) is 6.92 Å². The Morgan fingerprint density at radius 3 is 2.30 bits per heavy atom. The number of quaternary nitrogens is 1. The number of hydrogen-bond acceptors (Lipinski definition) is 2. The molecule has 0 bridgehead atoms. The van der Waals surface area contributed by atoms with E-state index in [0.717, 1.165) is 12.2 Å². The number of likely N-dealkylation sites (N-methyl/N-ethyl adjacent to an activating group) is 1. The van der Waals surface area contributed by atoms with E-state index in [-0.39, 0.29) is 11.9 Å². The zero-order valence-electron chi connectivity index (χ0n) is 14.2. The fourth-order valence-corrected chi connectivity index (χ4v) is 2.74. The van der Waals surface area contributed by atoms with Crippen LogP contribution in [-0.4, -0.2) is 25.3 Å². The number of aryl methyl sites for hydroxylation is 1. The normalized spacial score (nSPS) is 13.4. The lowest BCUT2D eigenvalue weighted by atomic mass is 10.2. The van der Waals surface area contributed by atoms with Crippen LogP contribution in [0.4, 0.5) is 5.69 Å². The fraction of sp³-hybridized carbons (Fsp3) is 0.316. The van der Waals surface area contributed by atoms with Crippen LogP contribution in [0.25, 0.3) is 0 Å². The Hall–Kier alpha value is -1.78. The molecule has 2 atom stereocenters. The van der Waals surface area contributed by atoms with Gasteiger partial charge < -0.3 is 10.2 Å². The first kappa shape index (κ1) is 17.6. The quantitative estimate of drug-likeness (QED) is 0.799. The Balaban J connectivity index is 1.93. The van der Waals surface area contributed by atoms with Crippen LogP contribution in [0.2, 0.25) is 0 Å². The van der Waals surface area contributed by atoms with Crippen molar-refractivity contribution in [2.75, 3.05) is 18.6 Å². The first-order valence-electron chi connectivity index (χ1n) is 7.82. The van der Waals surface area contributed by atoms with Crippen LogP contribution in [0.5, 0.6) is 0 Å². The van der Waals surface area contributed by atoms with Crippen molar-refractivity contribution in [2.24, 2.45) is 0 Å². The van der Waals surface area contributed by atoms with Crippen LogP contribution in [0.3, 0.4) is 0 Å². The summed E-state index contributed by atoms with van der Waals surface area (Å²) in [6, 6.07) is 16.3. The summed E-state index contributed by atoms with van der Waals surface area (Å²) >= 11 is 1.74. The number of anilines is 1. The lowest BCUT2D eigenvalue weighted by Crippen LogP contribution is -3.12. The molecule has 2 rings (SSSR count). The molecule has 1 unspecified atom stereocenters. The predicted octanol–water partition coefficient (Wildman–Crippen LogP) is 2.76. The van der Waals surface area contributed by atoms with Gasteiger partial charge in [-0.1, -0.05) is 29.8 Å². The number of thioether (sulfide) groups is 1. The Morgan fingerprint density at radius 1 is 1.13 bits per heavy atom. The zero-order valence-corrected chi connectivity index (χ0v) is 15.0. The van der Waals surface area contributed by atoms with Gasteiger partial charge in [0.25, 0.3) is 5.91 Å². The molecule has 0 aromatic heterocycles. The number of carbonyl (C=O) groups excluding carboxylic acids is 1. The average molecular weight is 329 g/mol. The van der Waals surface area contributed by atoms with Gasteiger partial charge in [0, 0.05) is 16.1 Å². The van der Waals surface area contributed by atoms with E-state index in [1.807, 2.05) is 38.1 Å². The highest BCUT2D eigenvalue weighted by molar-refractivity contribution is 7.98. The number of nitrogens with one attached hydrogen (secondary N) is 2. The number of rotatable bonds is 6. The number of hydrogen-bond donors (Lipinski definition) is 2. The standard InChI is InChI=1S/C19H24N2OS/c1-14-5-9-17(10-6-14)20-19(22)15(2)21(3)13-16-7-11-18(23-4)12-8-16/h5-12,15H,13H2,1-4H3,(H,20,22)/p+1/t15-/m0/s1. The van der Waals surface area contributed by atoms with Gasteiger partial charge >= 0.3 is 0 Å². The van der Waals surface area contributed by atoms with Gasteiger partial charge in [0.05, 0.1) is 7.05 Å². The maximum absolute atomic E-state index is 12.4. The monoisotopic (exact) mass is 329 g/mol. The summed E-state index contributed by atoms with van der Waals surface area (Å²) in [5, 5.41) is 2.99. The molecular formula is C19H25N2OS+. The van der Waals surface area contributed by atoms with Crippen LogP contribution in [-0.2, 0) is 11.3 Å². The van der Waals surface area contributed by atoms with Gasteiger partial charge in [-0.3, -0.25) is 4.79 Å². The van der Waals surface area contributed by atoms with Gasteiger partial charge in [-0.15, -0.1) is 11.8 Å². The van der Waals surface area contributed by atoms with Gasteiger partial charge in [-0.05, 0) is 44.4 Å². The Labute approximate surface area is 143 Å². The number of benzene rings is 2. The minimum atomic E-state index is -0.114. The second-order valence-corrected chi connectivity index (χ2v) is 6.83. The van der Waals surface area contributed by atoms with Crippen molar-refractivity contribution in [3.8, 4) is 0 Å². The van der Waals surface area contributed by atoms with Crippen molar-refractivity contribution < 1.29 is 9.69 Å². The zero-order chi connectivity index (χ0) is 16.8. The second kappa shape index (κ2) is 8.18. The Kier molecular flexibility index (Phi) is 6.25. The van der Waals surface area contributed by atoms with Crippen molar-refractivity contribution in [1.82, 2.24) is 0 Å². The Morgan fingerprint density at radius 2 is 1.74 bits per heavy atom. The van der Waals surface area contributed by atoms with E-state index in [9.17, 15) is 4.79 Å². The van der Waals surface area contributed by atoms with E-state index >= 15 is 0 Å². The van der Waals surface area contributed by atoms with E-state index in [2.05, 4.69) is 42.9 Å². The molecule has 23 heavy (non-hydrogen) atoms. The smallest absolute Gasteiger partial charge is 0.282 e. The van der Waals surface area contributed by atoms with Crippen molar-refractivity contribution in [3.63, 3.8) is 0 Å². The van der Waals surface area contributed by atoms with Crippen molar-refractivity contribution in [1.29, 1.82) is 0 Å². The molecule has 3 nitrogen and oxygen atoms in total. The molecule has 2 aromatic rings. The molecule has 0 heterocycles. The van der Waals surface area contributed by atoms with Gasteiger partial charge in [-0.2, -0.15) is 0 Å². The maximum Gasteiger partial charge on any atom is 0.282 e. The summed E-state index contributed by atoms with van der Waals surface area (Å²) in [6.07, 6.45) is 2.07.